The minimum absolute atomic E-state index is 0.00513. The van der Waals surface area contributed by atoms with Crippen LogP contribution in [-0.4, -0.2) is 138 Å². The molecule has 0 bridgehead atoms. The van der Waals surface area contributed by atoms with E-state index in [-0.39, 0.29) is 89.5 Å². The highest BCUT2D eigenvalue weighted by molar-refractivity contribution is 5.98. The van der Waals surface area contributed by atoms with Crippen LogP contribution in [0.25, 0.3) is 10.9 Å². The Kier molecular flexibility index (Phi) is 23.6. The molecule has 19 N–H and O–H groups in total. The predicted molar refractivity (Wildman–Crippen MR) is 285 cm³/mol. The molecule has 1 aliphatic rings. The van der Waals surface area contributed by atoms with Crippen molar-refractivity contribution in [1.29, 1.82) is 10.8 Å². The molecule has 7 amide bonds. The predicted octanol–water partition coefficient (Wildman–Crippen LogP) is -1.29. The fraction of sp³-hybridized carbons (Fsp3) is 0.423. The van der Waals surface area contributed by atoms with E-state index in [1.165, 1.54) is 0 Å². The number of nitrogens with two attached hydrogens (primary N) is 3. The normalized spacial score (nSPS) is 20.9. The van der Waals surface area contributed by atoms with Gasteiger partial charge in [-0.05, 0) is 67.7 Å². The Hall–Kier alpha value is -8.58. The summed E-state index contributed by atoms with van der Waals surface area (Å²) in [4.78, 5) is 115. The lowest BCUT2D eigenvalue weighted by Crippen LogP contribution is -2.61. The lowest BCUT2D eigenvalue weighted by molar-refractivity contribution is -0.142. The number of benzene rings is 3. The number of carboxylic acids is 1. The number of carbonyl (C=O) groups excluding carboxylic acids is 7. The summed E-state index contributed by atoms with van der Waals surface area (Å²) < 4.78 is 5.96. The molecule has 0 radical (unpaired) electrons. The minimum atomic E-state index is -1.61. The van der Waals surface area contributed by atoms with Gasteiger partial charge < -0.3 is 79.9 Å². The third-order valence-electron chi connectivity index (χ3n) is 12.5. The van der Waals surface area contributed by atoms with E-state index in [9.17, 15) is 43.5 Å². The standard InChI is InChI=1S/C52H71N15O10/c53-35(18-11-23-59-51(54)55)44(69)64-41-27-43(68)58-22-10-9-20-38(50(75)76)63-47(72)40(26-33-28-61-36-19-8-7-17-34(33)36)66-45(70)37(21-12-24-60-52(56)57)62-46(71)39(25-31-13-3-1-4-14-31)65-49(74)42(67-48(41)73)30-77-29-32-15-5-2-6-16-32/h1-8,13-17,19,28,35,37-42,61H,9-12,18,20-27,29-30,53H2,(H,58,68)(H,62,71)(H,63,72)(H,64,69)(H,65,74)(H,66,70)(H,67,73)(H,75,76)(H4,54,55,59)(H4,56,57,60)/t35-,37-,38?,39+,40-,41-,42-/m0/s1. The maximum atomic E-state index is 14.7. The zero-order chi connectivity index (χ0) is 55.7. The van der Waals surface area contributed by atoms with Crippen LogP contribution in [0.5, 0.6) is 0 Å². The molecule has 1 unspecified atom stereocenters. The number of hydrogen-bond acceptors (Lipinski definition) is 12. The number of aromatic amines is 1. The van der Waals surface area contributed by atoms with E-state index in [0.29, 0.717) is 17.5 Å². The number of rotatable bonds is 19. The maximum absolute atomic E-state index is 14.7. The Morgan fingerprint density at radius 3 is 1.94 bits per heavy atom. The van der Waals surface area contributed by atoms with E-state index >= 15 is 0 Å². The fourth-order valence-corrected chi connectivity index (χ4v) is 8.38. The Morgan fingerprint density at radius 2 is 1.26 bits per heavy atom. The number of amides is 7. The topological polar surface area (TPSA) is 416 Å². The van der Waals surface area contributed by atoms with Gasteiger partial charge in [-0.3, -0.25) is 44.4 Å². The number of para-hydroxylation sites is 1. The lowest BCUT2D eigenvalue weighted by atomic mass is 10.0. The Balaban J connectivity index is 1.52. The Labute approximate surface area is 445 Å². The van der Waals surface area contributed by atoms with E-state index in [1.54, 1.807) is 72.9 Å². The quantitative estimate of drug-likeness (QED) is 0.0295. The van der Waals surface area contributed by atoms with Gasteiger partial charge in [0.2, 0.25) is 41.4 Å². The SMILES string of the molecule is N=C(N)NCCC[C@@H]1NC(=O)[C@@H](Cc2ccccc2)NC(=O)[C@H](COCc2ccccc2)NC(=O)[C@@H](NC(=O)[C@@H](N)CCCNC(=N)N)CC(=O)NCCCCC(C(=O)O)NC(=O)[C@H](Cc2c[nH]c3ccccc23)NC1=O. The molecule has 25 heteroatoms. The average molecular weight is 1070 g/mol. The second kappa shape index (κ2) is 30.7. The first-order valence-corrected chi connectivity index (χ1v) is 25.4. The van der Waals surface area contributed by atoms with Crippen molar-refractivity contribution in [2.75, 3.05) is 26.2 Å². The molecule has 77 heavy (non-hydrogen) atoms. The number of hydrogen-bond donors (Lipinski definition) is 16. The van der Waals surface area contributed by atoms with Crippen LogP contribution in [0.2, 0.25) is 0 Å². The Morgan fingerprint density at radius 1 is 0.688 bits per heavy atom. The number of carboxylic acid groups (broad SMARTS) is 1. The molecule has 1 aromatic heterocycles. The number of aromatic nitrogens is 1. The van der Waals surface area contributed by atoms with Crippen LogP contribution in [0.1, 0.15) is 68.1 Å². The smallest absolute Gasteiger partial charge is 0.326 e. The molecular formula is C52H71N15O10. The van der Waals surface area contributed by atoms with Gasteiger partial charge in [-0.1, -0.05) is 78.9 Å². The number of fused-ring (bicyclic) bond motifs is 1. The molecule has 0 aliphatic carbocycles. The van der Waals surface area contributed by atoms with Crippen molar-refractivity contribution < 1.29 is 48.2 Å². The van der Waals surface area contributed by atoms with Gasteiger partial charge in [-0.15, -0.1) is 0 Å². The fourth-order valence-electron chi connectivity index (χ4n) is 8.38. The first-order chi connectivity index (χ1) is 37.0. The van der Waals surface area contributed by atoms with Gasteiger partial charge in [0.1, 0.15) is 36.3 Å². The summed E-state index contributed by atoms with van der Waals surface area (Å²) in [6, 6.07) is 14.8. The lowest BCUT2D eigenvalue weighted by Gasteiger charge is -2.28. The van der Waals surface area contributed by atoms with Crippen molar-refractivity contribution in [3.63, 3.8) is 0 Å². The van der Waals surface area contributed by atoms with Gasteiger partial charge >= 0.3 is 5.97 Å². The Bertz CT molecular complexity index is 2650. The van der Waals surface area contributed by atoms with E-state index in [2.05, 4.69) is 52.8 Å². The molecule has 1 fully saturated rings. The highest BCUT2D eigenvalue weighted by Crippen LogP contribution is 2.20. The van der Waals surface area contributed by atoms with Crippen LogP contribution in [0.4, 0.5) is 0 Å². The number of carbonyl (C=O) groups is 8. The van der Waals surface area contributed by atoms with E-state index < -0.39 is 103 Å². The molecule has 5 rings (SSSR count). The van der Waals surface area contributed by atoms with Crippen LogP contribution in [0.3, 0.4) is 0 Å². The summed E-state index contributed by atoms with van der Waals surface area (Å²) in [6.07, 6.45) is 1.59. The minimum Gasteiger partial charge on any atom is -0.480 e. The third-order valence-corrected chi connectivity index (χ3v) is 12.5. The van der Waals surface area contributed by atoms with Gasteiger partial charge in [0.25, 0.3) is 0 Å². The van der Waals surface area contributed by atoms with Crippen molar-refractivity contribution in [3.05, 3.63) is 108 Å². The highest BCUT2D eigenvalue weighted by Gasteiger charge is 2.35. The molecular weight excluding hydrogens is 995 g/mol. The molecule has 3 aromatic carbocycles. The molecule has 25 nitrogen and oxygen atoms in total. The van der Waals surface area contributed by atoms with Crippen LogP contribution >= 0.6 is 0 Å². The number of aliphatic carboxylic acids is 1. The second-order valence-corrected chi connectivity index (χ2v) is 18.6. The van der Waals surface area contributed by atoms with Gasteiger partial charge in [0.05, 0.1) is 25.7 Å². The largest absolute Gasteiger partial charge is 0.480 e. The molecule has 1 saturated heterocycles. The summed E-state index contributed by atoms with van der Waals surface area (Å²) in [5.74, 6) is -7.89. The zero-order valence-corrected chi connectivity index (χ0v) is 42.7. The van der Waals surface area contributed by atoms with Crippen LogP contribution in [0, 0.1) is 10.8 Å². The van der Waals surface area contributed by atoms with Crippen molar-refractivity contribution in [2.45, 2.75) is 113 Å². The maximum Gasteiger partial charge on any atom is 0.326 e. The van der Waals surface area contributed by atoms with Crippen molar-refractivity contribution in [3.8, 4) is 0 Å². The molecule has 7 atom stereocenters. The number of nitrogens with one attached hydrogen (secondary N) is 12. The average Bonchev–Trinajstić information content (AvgIpc) is 3.81. The highest BCUT2D eigenvalue weighted by atomic mass is 16.5. The summed E-state index contributed by atoms with van der Waals surface area (Å²) >= 11 is 0. The van der Waals surface area contributed by atoms with Gasteiger partial charge in [-0.25, -0.2) is 4.79 Å². The van der Waals surface area contributed by atoms with Gasteiger partial charge in [-0.2, -0.15) is 0 Å². The molecule has 2 heterocycles. The summed E-state index contributed by atoms with van der Waals surface area (Å²) in [6.45, 7) is -0.145. The van der Waals surface area contributed by atoms with Crippen molar-refractivity contribution in [2.24, 2.45) is 17.2 Å². The summed E-state index contributed by atoms with van der Waals surface area (Å²) in [7, 11) is 0. The molecule has 0 spiro atoms. The molecule has 1 aliphatic heterocycles. The number of ether oxygens (including phenoxy) is 1. The van der Waals surface area contributed by atoms with E-state index in [4.69, 9.17) is 32.8 Å². The molecule has 4 aromatic rings. The monoisotopic (exact) mass is 1070 g/mol. The van der Waals surface area contributed by atoms with Gasteiger partial charge in [0.15, 0.2) is 11.9 Å². The third kappa shape index (κ3) is 20.2. The first-order valence-electron chi connectivity index (χ1n) is 25.4. The van der Waals surface area contributed by atoms with E-state index in [0.717, 1.165) is 16.5 Å². The van der Waals surface area contributed by atoms with Crippen LogP contribution in [-0.2, 0) is 62.5 Å². The zero-order valence-electron chi connectivity index (χ0n) is 42.7. The van der Waals surface area contributed by atoms with Crippen LogP contribution in [0.15, 0.2) is 91.1 Å². The first kappa shape index (κ1) is 59.3. The summed E-state index contributed by atoms with van der Waals surface area (Å²) in [5, 5.41) is 49.9. The molecule has 414 valence electrons. The second-order valence-electron chi connectivity index (χ2n) is 18.6. The molecule has 0 saturated carbocycles. The summed E-state index contributed by atoms with van der Waals surface area (Å²) in [5.41, 5.74) is 19.8. The van der Waals surface area contributed by atoms with Gasteiger partial charge in [0, 0.05) is 49.6 Å². The van der Waals surface area contributed by atoms with E-state index in [1.807, 2.05) is 18.2 Å². The van der Waals surface area contributed by atoms with Crippen LogP contribution < -0.4 is 65.1 Å². The van der Waals surface area contributed by atoms with Crippen molar-refractivity contribution in [1.82, 2.24) is 52.8 Å². The van der Waals surface area contributed by atoms with Crippen molar-refractivity contribution >= 4 is 70.1 Å². The number of H-pyrrole nitrogens is 1. The number of guanidine groups is 2.